The van der Waals surface area contributed by atoms with Crippen LogP contribution in [0, 0.1) is 0 Å². The van der Waals surface area contributed by atoms with E-state index in [1.54, 1.807) is 0 Å². The van der Waals surface area contributed by atoms with Gasteiger partial charge in [0.15, 0.2) is 0 Å². The zero-order valence-electron chi connectivity index (χ0n) is 15.8. The molecule has 4 heteroatoms. The second-order valence-electron chi connectivity index (χ2n) is 6.37. The smallest absolute Gasteiger partial charge is 1.00 e. The van der Waals surface area contributed by atoms with Crippen molar-refractivity contribution < 1.29 is 51.0 Å². The minimum absolute atomic E-state index is 0. The van der Waals surface area contributed by atoms with Gasteiger partial charge in [-0.2, -0.15) is 0 Å². The fourth-order valence-corrected chi connectivity index (χ4v) is 3.56. The molecule has 138 valence electrons. The molecule has 0 aromatic heterocycles. The summed E-state index contributed by atoms with van der Waals surface area (Å²) in [5.74, 6) is 0. The van der Waals surface area contributed by atoms with Gasteiger partial charge in [-0.05, 0) is 0 Å². The third-order valence-corrected chi connectivity index (χ3v) is 4.60. The molecule has 0 amide bonds. The molecule has 6 rings (SSSR count). The molecular weight excluding hydrogens is 478 g/mol. The van der Waals surface area contributed by atoms with Gasteiger partial charge in [-0.25, -0.2) is 0 Å². The number of hydrogen-bond donors (Lipinski definition) is 0. The molecule has 0 unspecified atom stereocenters. The molecule has 0 nitrogen and oxygen atoms in total. The van der Waals surface area contributed by atoms with Crippen LogP contribution in [0.15, 0.2) is 60.7 Å². The minimum Gasteiger partial charge on any atom is -1.00 e. The molecule has 2 aliphatic carbocycles. The van der Waals surface area contributed by atoms with Crippen LogP contribution in [0.2, 0.25) is 13.1 Å². The van der Waals surface area contributed by atoms with E-state index in [4.69, 9.17) is 0 Å². The number of halogens is 2. The summed E-state index contributed by atoms with van der Waals surface area (Å²) in [6.45, 7) is 4.31. The molecule has 0 heterocycles. The molecule has 4 aromatic rings. The molecule has 28 heavy (non-hydrogen) atoms. The second kappa shape index (κ2) is 11.1. The zero-order chi connectivity index (χ0) is 17.2. The molecule has 0 fully saturated rings. The predicted molar refractivity (Wildman–Crippen MR) is 114 cm³/mol. The molecule has 0 saturated heterocycles. The standard InChI is InChI=1S/2C11H7.C2H6Si.2ClH.Zr/c2*1-2-8-4-6-10-7-5-9(3-1)11(8)10;1-3-2;;;/h2*1-7H;1-2H3;2*1H;/q2*-1;;;;+4/p-2. The number of hydrogen-bond acceptors (Lipinski definition) is 0. The van der Waals surface area contributed by atoms with E-state index in [9.17, 15) is 0 Å². The average molecular weight is 499 g/mol. The van der Waals surface area contributed by atoms with Crippen LogP contribution in [0.1, 0.15) is 22.3 Å². The van der Waals surface area contributed by atoms with Gasteiger partial charge in [0, 0.05) is 9.52 Å². The van der Waals surface area contributed by atoms with Gasteiger partial charge >= 0.3 is 26.2 Å². The first-order valence-electron chi connectivity index (χ1n) is 8.63. The van der Waals surface area contributed by atoms with E-state index in [0.29, 0.717) is 0 Å². The Morgan fingerprint density at radius 1 is 0.607 bits per heavy atom. The third kappa shape index (κ3) is 4.69. The van der Waals surface area contributed by atoms with Crippen molar-refractivity contribution in [3.63, 3.8) is 0 Å². The molecular formula is C24H20Cl2SiZr. The van der Waals surface area contributed by atoms with Gasteiger partial charge in [0.05, 0.1) is 0 Å². The van der Waals surface area contributed by atoms with E-state index >= 15 is 0 Å². The van der Waals surface area contributed by atoms with Gasteiger partial charge in [0.2, 0.25) is 0 Å². The summed E-state index contributed by atoms with van der Waals surface area (Å²) in [5, 5.41) is 5.57. The molecule has 0 N–H and O–H groups in total. The fraction of sp³-hybridized carbons (Fsp3) is 0.0833. The summed E-state index contributed by atoms with van der Waals surface area (Å²) < 4.78 is 0. The van der Waals surface area contributed by atoms with Crippen molar-refractivity contribution in [2.45, 2.75) is 13.1 Å². The molecule has 0 bridgehead atoms. The van der Waals surface area contributed by atoms with Crippen LogP contribution in [0.4, 0.5) is 0 Å². The first kappa shape index (κ1) is 24.9. The van der Waals surface area contributed by atoms with Gasteiger partial charge in [-0.15, -0.1) is 93.4 Å². The van der Waals surface area contributed by atoms with Crippen molar-refractivity contribution in [3.05, 3.63) is 82.9 Å². The van der Waals surface area contributed by atoms with Crippen LogP contribution in [0.25, 0.3) is 45.8 Å². The number of rotatable bonds is 0. The Hall–Kier alpha value is -1.18. The van der Waals surface area contributed by atoms with Crippen LogP contribution in [0.5, 0.6) is 0 Å². The first-order chi connectivity index (χ1) is 12.3. The maximum atomic E-state index is 2.18. The Kier molecular flexibility index (Phi) is 9.87. The first-order valence-corrected chi connectivity index (χ1v) is 10.6. The summed E-state index contributed by atoms with van der Waals surface area (Å²) in [7, 11) is 1.08. The van der Waals surface area contributed by atoms with Crippen LogP contribution >= 0.6 is 0 Å². The summed E-state index contributed by atoms with van der Waals surface area (Å²) in [4.78, 5) is 0. The van der Waals surface area contributed by atoms with Gasteiger partial charge in [0.1, 0.15) is 0 Å². The summed E-state index contributed by atoms with van der Waals surface area (Å²) in [5.41, 5.74) is 5.47. The van der Waals surface area contributed by atoms with Gasteiger partial charge < -0.3 is 24.8 Å². The van der Waals surface area contributed by atoms with Crippen LogP contribution in [-0.4, -0.2) is 9.52 Å². The largest absolute Gasteiger partial charge is 4.00 e. The maximum absolute atomic E-state index is 2.18. The van der Waals surface area contributed by atoms with Gasteiger partial charge in [0.25, 0.3) is 0 Å². The Morgan fingerprint density at radius 3 is 1.36 bits per heavy atom. The van der Waals surface area contributed by atoms with E-state index in [0.717, 1.165) is 9.52 Å². The minimum atomic E-state index is 0. The van der Waals surface area contributed by atoms with E-state index in [2.05, 4.69) is 98.1 Å². The Labute approximate surface area is 201 Å². The van der Waals surface area contributed by atoms with Crippen molar-refractivity contribution in [1.82, 2.24) is 0 Å². The molecule has 0 aliphatic heterocycles. The van der Waals surface area contributed by atoms with Crippen molar-refractivity contribution in [2.24, 2.45) is 0 Å². The maximum Gasteiger partial charge on any atom is 4.00 e. The zero-order valence-corrected chi connectivity index (χ0v) is 20.8. The monoisotopic (exact) mass is 496 g/mol. The quantitative estimate of drug-likeness (QED) is 0.216. The molecule has 0 spiro atoms. The van der Waals surface area contributed by atoms with Gasteiger partial charge in [-0.1, -0.05) is 48.5 Å². The van der Waals surface area contributed by atoms with Crippen LogP contribution < -0.4 is 24.8 Å². The van der Waals surface area contributed by atoms with Crippen LogP contribution in [0.3, 0.4) is 0 Å². The summed E-state index contributed by atoms with van der Waals surface area (Å²) in [6, 6.07) is 21.6. The number of benzene rings is 2. The normalized spacial score (nSPS) is 10.9. The predicted octanol–water partition coefficient (Wildman–Crippen LogP) is 0.877. The van der Waals surface area contributed by atoms with Gasteiger partial charge in [-0.3, -0.25) is 0 Å². The summed E-state index contributed by atoms with van der Waals surface area (Å²) >= 11 is 0. The third-order valence-electron chi connectivity index (χ3n) is 4.60. The molecule has 4 aromatic carbocycles. The van der Waals surface area contributed by atoms with Crippen LogP contribution in [-0.2, 0) is 26.2 Å². The van der Waals surface area contributed by atoms with Crippen molar-refractivity contribution in [1.29, 1.82) is 0 Å². The van der Waals surface area contributed by atoms with Crippen molar-refractivity contribution in [2.75, 3.05) is 0 Å². The van der Waals surface area contributed by atoms with E-state index in [1.807, 2.05) is 0 Å². The second-order valence-corrected chi connectivity index (χ2v) is 7.37. The molecule has 2 aliphatic rings. The molecule has 0 saturated carbocycles. The topological polar surface area (TPSA) is 0 Å². The average Bonchev–Trinajstić information content (AvgIpc) is 3.40. The SMILES string of the molecule is C1=Cc2c[cH-]c3cccc1c23.C1=Cc2c[cH-]c3cccc1c23.C[Si]C.[Cl-].[Cl-].[Zr+4]. The Bertz CT molecular complexity index is 1010. The van der Waals surface area contributed by atoms with Crippen molar-refractivity contribution >= 4 is 55.4 Å². The Morgan fingerprint density at radius 2 is 0.964 bits per heavy atom. The van der Waals surface area contributed by atoms with E-state index in [1.165, 1.54) is 43.8 Å². The molecule has 0 atom stereocenters. The summed E-state index contributed by atoms with van der Waals surface area (Å²) in [6.07, 6.45) is 8.71. The molecule has 2 radical (unpaired) electrons. The van der Waals surface area contributed by atoms with E-state index in [-0.39, 0.29) is 51.0 Å². The fourth-order valence-electron chi connectivity index (χ4n) is 3.56. The van der Waals surface area contributed by atoms with Crippen molar-refractivity contribution in [3.8, 4) is 0 Å². The Balaban J connectivity index is 0.000000225. The van der Waals surface area contributed by atoms with E-state index < -0.39 is 0 Å².